The first-order valence-corrected chi connectivity index (χ1v) is 15.8. The summed E-state index contributed by atoms with van der Waals surface area (Å²) in [7, 11) is 0. The molecule has 226 valence electrons. The maximum Gasteiger partial charge on any atom is 0.310 e. The average molecular weight is 600 g/mol. The molecule has 8 heteroatoms. The molecule has 0 atom stereocenters. The van der Waals surface area contributed by atoms with Crippen LogP contribution in [0.15, 0.2) is 67.0 Å². The Kier molecular flexibility index (Phi) is 11.1. The molecule has 1 N–H and O–H groups in total. The Bertz CT molecular complexity index is 1510. The van der Waals surface area contributed by atoms with Crippen molar-refractivity contribution < 1.29 is 19.1 Å². The first kappa shape index (κ1) is 31.9. The molecule has 4 aromatic rings. The van der Waals surface area contributed by atoms with Crippen LogP contribution in [-0.2, 0) is 10.2 Å². The van der Waals surface area contributed by atoms with Crippen molar-refractivity contribution in [2.24, 2.45) is 0 Å². The lowest BCUT2D eigenvalue weighted by Crippen LogP contribution is -2.14. The van der Waals surface area contributed by atoms with Crippen LogP contribution >= 0.6 is 11.3 Å². The fourth-order valence-corrected chi connectivity index (χ4v) is 5.37. The maximum absolute atomic E-state index is 13.2. The molecule has 1 amide bonds. The average Bonchev–Trinajstić information content (AvgIpc) is 3.52. The number of carbonyl (C=O) groups is 2. The van der Waals surface area contributed by atoms with Crippen molar-refractivity contribution in [1.29, 1.82) is 0 Å². The third-order valence-corrected chi connectivity index (χ3v) is 8.44. The summed E-state index contributed by atoms with van der Waals surface area (Å²) in [6, 6.07) is 17.0. The van der Waals surface area contributed by atoms with Gasteiger partial charge in [-0.25, -0.2) is 9.97 Å². The second-order valence-electron chi connectivity index (χ2n) is 11.5. The van der Waals surface area contributed by atoms with Crippen molar-refractivity contribution >= 4 is 28.9 Å². The van der Waals surface area contributed by atoms with Crippen LogP contribution in [-0.4, -0.2) is 28.5 Å². The lowest BCUT2D eigenvalue weighted by molar-refractivity contribution is -0.133. The molecule has 0 aliphatic rings. The van der Waals surface area contributed by atoms with Crippen molar-refractivity contribution in [3.05, 3.63) is 76.7 Å². The van der Waals surface area contributed by atoms with E-state index in [4.69, 9.17) is 9.47 Å². The van der Waals surface area contributed by atoms with Gasteiger partial charge in [0.25, 0.3) is 5.91 Å². The molecule has 0 aliphatic carbocycles. The number of rotatable bonds is 13. The zero-order valence-electron chi connectivity index (χ0n) is 25.7. The van der Waals surface area contributed by atoms with E-state index in [0.717, 1.165) is 34.8 Å². The normalized spacial score (nSPS) is 11.3. The molecule has 7 nitrogen and oxygen atoms in total. The van der Waals surface area contributed by atoms with E-state index in [-0.39, 0.29) is 23.5 Å². The van der Waals surface area contributed by atoms with Gasteiger partial charge < -0.3 is 14.8 Å². The van der Waals surface area contributed by atoms with Gasteiger partial charge >= 0.3 is 5.97 Å². The van der Waals surface area contributed by atoms with Crippen LogP contribution in [0.2, 0.25) is 0 Å². The van der Waals surface area contributed by atoms with E-state index in [1.54, 1.807) is 37.5 Å². The van der Waals surface area contributed by atoms with Crippen LogP contribution in [0.1, 0.15) is 87.7 Å². The molecule has 0 bridgehead atoms. The number of amides is 1. The summed E-state index contributed by atoms with van der Waals surface area (Å²) in [6.45, 7) is 11.0. The molecule has 43 heavy (non-hydrogen) atoms. The summed E-state index contributed by atoms with van der Waals surface area (Å²) >= 11 is 1.45. The molecule has 0 fully saturated rings. The van der Waals surface area contributed by atoms with Crippen molar-refractivity contribution in [1.82, 2.24) is 9.97 Å². The first-order chi connectivity index (χ1) is 20.7. The lowest BCUT2D eigenvalue weighted by Gasteiger charge is -2.16. The minimum Gasteiger partial charge on any atom is -0.494 e. The highest BCUT2D eigenvalue weighted by Gasteiger charge is 2.22. The Labute approximate surface area is 258 Å². The van der Waals surface area contributed by atoms with Gasteiger partial charge in [0, 0.05) is 29.3 Å². The summed E-state index contributed by atoms with van der Waals surface area (Å²) in [6.07, 6.45) is 9.67. The van der Waals surface area contributed by atoms with E-state index in [2.05, 4.69) is 43.0 Å². The van der Waals surface area contributed by atoms with Gasteiger partial charge in [-0.1, -0.05) is 78.5 Å². The Balaban J connectivity index is 1.51. The fraction of sp³-hybridized carbons (Fsp3) is 0.371. The van der Waals surface area contributed by atoms with E-state index in [9.17, 15) is 9.59 Å². The third kappa shape index (κ3) is 8.74. The Hall–Kier alpha value is -4.04. The number of nitrogens with one attached hydrogen (secondary N) is 1. The van der Waals surface area contributed by atoms with Crippen LogP contribution < -0.4 is 14.8 Å². The summed E-state index contributed by atoms with van der Waals surface area (Å²) < 4.78 is 11.6. The number of hydrogen-bond acceptors (Lipinski definition) is 7. The Morgan fingerprint density at radius 3 is 2.23 bits per heavy atom. The number of para-hydroxylation sites is 1. The number of nitrogens with zero attached hydrogens (tertiary/aromatic N) is 2. The van der Waals surface area contributed by atoms with Crippen LogP contribution in [0.5, 0.6) is 11.5 Å². The number of unbranched alkanes of at least 4 members (excludes halogenated alkanes) is 4. The van der Waals surface area contributed by atoms with Gasteiger partial charge in [0.15, 0.2) is 11.6 Å². The van der Waals surface area contributed by atoms with Gasteiger partial charge in [0.05, 0.1) is 22.7 Å². The lowest BCUT2D eigenvalue weighted by atomic mass is 9.95. The molecule has 2 aromatic heterocycles. The van der Waals surface area contributed by atoms with Gasteiger partial charge in [0.2, 0.25) is 0 Å². The predicted molar refractivity (Wildman–Crippen MR) is 174 cm³/mol. The molecule has 0 radical (unpaired) electrons. The van der Waals surface area contributed by atoms with Crippen LogP contribution in [0.25, 0.3) is 22.5 Å². The maximum atomic E-state index is 13.2. The molecule has 0 saturated heterocycles. The van der Waals surface area contributed by atoms with Gasteiger partial charge in [-0.15, -0.1) is 11.3 Å². The number of anilines is 1. The molecule has 0 saturated carbocycles. The number of thiophene rings is 1. The highest BCUT2D eigenvalue weighted by molar-refractivity contribution is 7.14. The topological polar surface area (TPSA) is 90.4 Å². The van der Waals surface area contributed by atoms with Crippen molar-refractivity contribution in [2.45, 2.75) is 78.6 Å². The van der Waals surface area contributed by atoms with E-state index < -0.39 is 5.97 Å². The SMILES string of the molecule is CCCCCCCOc1ccc(-c2cnc(-c3cccc(NC(=O)c4ccc(C(C)(C)C)s4)c3OC(=O)CC)nc2)cc1. The third-order valence-electron chi connectivity index (χ3n) is 6.93. The molecule has 0 spiro atoms. The van der Waals surface area contributed by atoms with E-state index in [0.29, 0.717) is 22.0 Å². The number of hydrogen-bond donors (Lipinski definition) is 1. The van der Waals surface area contributed by atoms with E-state index in [1.807, 2.05) is 36.4 Å². The zero-order chi connectivity index (χ0) is 30.8. The minimum atomic E-state index is -0.422. The Morgan fingerprint density at radius 2 is 1.58 bits per heavy atom. The number of ether oxygens (including phenoxy) is 2. The van der Waals surface area contributed by atoms with Crippen molar-refractivity contribution in [3.8, 4) is 34.0 Å². The smallest absolute Gasteiger partial charge is 0.310 e. The first-order valence-electron chi connectivity index (χ1n) is 15.0. The highest BCUT2D eigenvalue weighted by Crippen LogP contribution is 2.37. The van der Waals surface area contributed by atoms with Gasteiger partial charge in [-0.3, -0.25) is 9.59 Å². The summed E-state index contributed by atoms with van der Waals surface area (Å²) in [5.41, 5.74) is 2.64. The monoisotopic (exact) mass is 599 g/mol. The van der Waals surface area contributed by atoms with Gasteiger partial charge in [-0.05, 0) is 53.8 Å². The van der Waals surface area contributed by atoms with Crippen LogP contribution in [0.4, 0.5) is 5.69 Å². The second kappa shape index (κ2) is 14.9. The molecular weight excluding hydrogens is 558 g/mol. The van der Waals surface area contributed by atoms with Gasteiger partial charge in [0.1, 0.15) is 5.75 Å². The number of aromatic nitrogens is 2. The zero-order valence-corrected chi connectivity index (χ0v) is 26.6. The summed E-state index contributed by atoms with van der Waals surface area (Å²) in [5.74, 6) is 0.753. The fourth-order valence-electron chi connectivity index (χ4n) is 4.41. The predicted octanol–water partition coefficient (Wildman–Crippen LogP) is 9.09. The number of esters is 1. The summed E-state index contributed by atoms with van der Waals surface area (Å²) in [4.78, 5) is 36.4. The molecule has 4 rings (SSSR count). The number of benzene rings is 2. The minimum absolute atomic E-state index is 0.0577. The van der Waals surface area contributed by atoms with Crippen molar-refractivity contribution in [2.75, 3.05) is 11.9 Å². The van der Waals surface area contributed by atoms with E-state index >= 15 is 0 Å². The van der Waals surface area contributed by atoms with Crippen LogP contribution in [0.3, 0.4) is 0 Å². The van der Waals surface area contributed by atoms with Gasteiger partial charge in [-0.2, -0.15) is 0 Å². The number of carbonyl (C=O) groups excluding carboxylic acids is 2. The largest absolute Gasteiger partial charge is 0.494 e. The molecule has 2 heterocycles. The molecule has 2 aromatic carbocycles. The molecular formula is C35H41N3O4S. The quantitative estimate of drug-likeness (QED) is 0.0936. The van der Waals surface area contributed by atoms with E-state index in [1.165, 1.54) is 37.0 Å². The highest BCUT2D eigenvalue weighted by atomic mass is 32.1. The standard InChI is InChI=1S/C35H41N3O4S/c1-6-8-9-10-11-21-41-26-17-15-24(16-18-26)25-22-36-33(37-23-25)27-13-12-14-28(32(27)42-31(39)7-2)38-34(40)29-19-20-30(43-29)35(3,4)5/h12-20,22-23H,6-11,21H2,1-5H3,(H,38,40). The molecule has 0 aliphatic heterocycles. The Morgan fingerprint density at radius 1 is 0.860 bits per heavy atom. The van der Waals surface area contributed by atoms with Crippen molar-refractivity contribution in [3.63, 3.8) is 0 Å². The second-order valence-corrected chi connectivity index (χ2v) is 12.5. The molecule has 0 unspecified atom stereocenters. The van der Waals surface area contributed by atoms with Crippen LogP contribution in [0, 0.1) is 0 Å². The summed E-state index contributed by atoms with van der Waals surface area (Å²) in [5, 5.41) is 2.93.